The second-order valence-corrected chi connectivity index (χ2v) is 8.05. The molecule has 1 amide bonds. The van der Waals surface area contributed by atoms with Crippen LogP contribution in [-0.2, 0) is 0 Å². The Morgan fingerprint density at radius 1 is 1.16 bits per heavy atom. The SMILES string of the molecule is CC(C)Oc1cc(-c2ccc(F)cc2)nc2cc(C(=O)NCCCC3=NC=CC3)ccc12. The van der Waals surface area contributed by atoms with E-state index < -0.39 is 0 Å². The van der Waals surface area contributed by atoms with Crippen molar-refractivity contribution in [3.63, 3.8) is 0 Å². The number of nitrogens with zero attached hydrogens (tertiary/aromatic N) is 2. The standard InChI is InChI=1S/C26H26FN3O2/c1-17(2)32-25-16-23(18-7-10-20(27)11-8-18)30-24-15-19(9-12-22(24)25)26(31)29-14-4-6-21-5-3-13-28-21/h3,7-13,15-17H,4-6,14H2,1-2H3,(H,29,31). The minimum absolute atomic E-state index is 0.0238. The van der Waals surface area contributed by atoms with Gasteiger partial charge in [-0.1, -0.05) is 6.08 Å². The molecule has 0 saturated carbocycles. The third-order valence-electron chi connectivity index (χ3n) is 5.18. The maximum Gasteiger partial charge on any atom is 0.251 e. The summed E-state index contributed by atoms with van der Waals surface area (Å²) in [4.78, 5) is 21.7. The Morgan fingerprint density at radius 2 is 1.97 bits per heavy atom. The van der Waals surface area contributed by atoms with Gasteiger partial charge in [-0.2, -0.15) is 0 Å². The van der Waals surface area contributed by atoms with Crippen molar-refractivity contribution in [2.75, 3.05) is 6.54 Å². The zero-order chi connectivity index (χ0) is 22.5. The van der Waals surface area contributed by atoms with E-state index in [2.05, 4.69) is 10.3 Å². The lowest BCUT2D eigenvalue weighted by Gasteiger charge is -2.15. The van der Waals surface area contributed by atoms with Crippen LogP contribution < -0.4 is 10.1 Å². The summed E-state index contributed by atoms with van der Waals surface area (Å²) in [6.45, 7) is 4.50. The maximum absolute atomic E-state index is 13.4. The molecular formula is C26H26FN3O2. The van der Waals surface area contributed by atoms with Gasteiger partial charge in [0.25, 0.3) is 5.91 Å². The molecule has 4 rings (SSSR count). The molecule has 0 aliphatic carbocycles. The molecule has 3 aromatic rings. The van der Waals surface area contributed by atoms with E-state index in [9.17, 15) is 9.18 Å². The number of halogens is 1. The van der Waals surface area contributed by atoms with Gasteiger partial charge < -0.3 is 10.1 Å². The highest BCUT2D eigenvalue weighted by Gasteiger charge is 2.13. The third-order valence-corrected chi connectivity index (χ3v) is 5.18. The molecule has 2 aromatic carbocycles. The van der Waals surface area contributed by atoms with Crippen LogP contribution in [0.2, 0.25) is 0 Å². The number of fused-ring (bicyclic) bond motifs is 1. The van der Waals surface area contributed by atoms with Gasteiger partial charge in [0.05, 0.1) is 17.3 Å². The fraction of sp³-hybridized carbons (Fsp3) is 0.269. The molecule has 1 N–H and O–H groups in total. The Labute approximate surface area is 187 Å². The lowest BCUT2D eigenvalue weighted by atomic mass is 10.1. The fourth-order valence-corrected chi connectivity index (χ4v) is 3.62. The quantitative estimate of drug-likeness (QED) is 0.466. The summed E-state index contributed by atoms with van der Waals surface area (Å²) in [5.41, 5.74) is 3.79. The normalized spacial score (nSPS) is 12.9. The van der Waals surface area contributed by atoms with Crippen LogP contribution in [0.15, 0.2) is 65.8 Å². The van der Waals surface area contributed by atoms with Crippen LogP contribution in [0.3, 0.4) is 0 Å². The van der Waals surface area contributed by atoms with Gasteiger partial charge in [-0.05, 0) is 69.2 Å². The van der Waals surface area contributed by atoms with Gasteiger partial charge in [-0.15, -0.1) is 0 Å². The molecular weight excluding hydrogens is 405 g/mol. The molecule has 2 heterocycles. The van der Waals surface area contributed by atoms with Gasteiger partial charge >= 0.3 is 0 Å². The van der Waals surface area contributed by atoms with Crippen LogP contribution in [0.25, 0.3) is 22.2 Å². The van der Waals surface area contributed by atoms with E-state index >= 15 is 0 Å². The first-order valence-corrected chi connectivity index (χ1v) is 10.9. The Morgan fingerprint density at radius 3 is 2.69 bits per heavy atom. The average Bonchev–Trinajstić information content (AvgIpc) is 3.30. The predicted octanol–water partition coefficient (Wildman–Crippen LogP) is 5.70. The Balaban J connectivity index is 1.56. The molecule has 0 radical (unpaired) electrons. The van der Waals surface area contributed by atoms with Crippen LogP contribution in [0.1, 0.15) is 43.5 Å². The number of aromatic nitrogens is 1. The zero-order valence-corrected chi connectivity index (χ0v) is 18.3. The van der Waals surface area contributed by atoms with E-state index in [0.29, 0.717) is 29.1 Å². The number of carbonyl (C=O) groups excluding carboxylic acids is 1. The number of hydrogen-bond donors (Lipinski definition) is 1. The molecule has 0 spiro atoms. The number of ether oxygens (including phenoxy) is 1. The summed E-state index contributed by atoms with van der Waals surface area (Å²) in [5.74, 6) is 0.240. The monoisotopic (exact) mass is 431 g/mol. The first kappa shape index (κ1) is 21.7. The van der Waals surface area contributed by atoms with Gasteiger partial charge in [-0.25, -0.2) is 9.37 Å². The summed E-state index contributed by atoms with van der Waals surface area (Å²) in [6.07, 6.45) is 6.47. The fourth-order valence-electron chi connectivity index (χ4n) is 3.62. The largest absolute Gasteiger partial charge is 0.490 e. The van der Waals surface area contributed by atoms with Crippen molar-refractivity contribution in [2.24, 2.45) is 4.99 Å². The molecule has 164 valence electrons. The lowest BCUT2D eigenvalue weighted by Crippen LogP contribution is -2.24. The van der Waals surface area contributed by atoms with Gasteiger partial charge in [0.15, 0.2) is 0 Å². The molecule has 0 saturated heterocycles. The van der Waals surface area contributed by atoms with Crippen LogP contribution in [-0.4, -0.2) is 29.3 Å². The number of rotatable bonds is 8. The predicted molar refractivity (Wildman–Crippen MR) is 126 cm³/mol. The zero-order valence-electron chi connectivity index (χ0n) is 18.3. The van der Waals surface area contributed by atoms with Crippen molar-refractivity contribution in [3.8, 4) is 17.0 Å². The average molecular weight is 432 g/mol. The summed E-state index contributed by atoms with van der Waals surface area (Å²) < 4.78 is 19.4. The smallest absolute Gasteiger partial charge is 0.251 e. The third kappa shape index (κ3) is 5.19. The number of nitrogens with one attached hydrogen (secondary N) is 1. The van der Waals surface area contributed by atoms with E-state index in [1.54, 1.807) is 24.3 Å². The first-order chi connectivity index (χ1) is 15.5. The summed E-state index contributed by atoms with van der Waals surface area (Å²) in [7, 11) is 0. The van der Waals surface area contributed by atoms with Gasteiger partial charge in [-0.3, -0.25) is 9.79 Å². The topological polar surface area (TPSA) is 63.6 Å². The molecule has 32 heavy (non-hydrogen) atoms. The Bertz CT molecular complexity index is 1180. The highest BCUT2D eigenvalue weighted by molar-refractivity contribution is 5.99. The molecule has 1 aliphatic heterocycles. The molecule has 5 nitrogen and oxygen atoms in total. The van der Waals surface area contributed by atoms with Gasteiger partial charge in [0, 0.05) is 47.5 Å². The van der Waals surface area contributed by atoms with Crippen molar-refractivity contribution in [3.05, 3.63) is 72.2 Å². The maximum atomic E-state index is 13.4. The van der Waals surface area contributed by atoms with E-state index in [0.717, 1.165) is 35.9 Å². The van der Waals surface area contributed by atoms with Crippen LogP contribution in [0.4, 0.5) is 4.39 Å². The number of aliphatic imine (C=N–C) groups is 1. The van der Waals surface area contributed by atoms with Crippen LogP contribution >= 0.6 is 0 Å². The first-order valence-electron chi connectivity index (χ1n) is 10.9. The highest BCUT2D eigenvalue weighted by atomic mass is 19.1. The summed E-state index contributed by atoms with van der Waals surface area (Å²) in [5, 5.41) is 3.80. The Kier molecular flexibility index (Phi) is 6.59. The minimum atomic E-state index is -0.302. The lowest BCUT2D eigenvalue weighted by molar-refractivity contribution is 0.0953. The number of pyridine rings is 1. The van der Waals surface area contributed by atoms with Crippen LogP contribution in [0.5, 0.6) is 5.75 Å². The Hall–Kier alpha value is -3.54. The number of hydrogen-bond acceptors (Lipinski definition) is 4. The number of carbonyl (C=O) groups is 1. The summed E-state index contributed by atoms with van der Waals surface area (Å²) in [6, 6.07) is 13.5. The molecule has 1 aliphatic rings. The molecule has 6 heteroatoms. The number of amides is 1. The van der Waals surface area contributed by atoms with Gasteiger partial charge in [0.1, 0.15) is 11.6 Å². The van der Waals surface area contributed by atoms with E-state index in [-0.39, 0.29) is 17.8 Å². The van der Waals surface area contributed by atoms with Crippen molar-refractivity contribution >= 4 is 22.5 Å². The molecule has 0 bridgehead atoms. The van der Waals surface area contributed by atoms with Crippen molar-refractivity contribution in [1.29, 1.82) is 0 Å². The summed E-state index contributed by atoms with van der Waals surface area (Å²) >= 11 is 0. The van der Waals surface area contributed by atoms with Gasteiger partial charge in [0.2, 0.25) is 0 Å². The van der Waals surface area contributed by atoms with E-state index in [4.69, 9.17) is 9.72 Å². The highest BCUT2D eigenvalue weighted by Crippen LogP contribution is 2.31. The van der Waals surface area contributed by atoms with Crippen molar-refractivity contribution in [2.45, 2.75) is 39.2 Å². The second kappa shape index (κ2) is 9.73. The van der Waals surface area contributed by atoms with Crippen molar-refractivity contribution in [1.82, 2.24) is 10.3 Å². The number of allylic oxidation sites excluding steroid dienone is 1. The molecule has 0 atom stereocenters. The van der Waals surface area contributed by atoms with E-state index in [1.165, 1.54) is 12.1 Å². The number of benzene rings is 2. The van der Waals surface area contributed by atoms with E-state index in [1.807, 2.05) is 38.3 Å². The molecule has 0 fully saturated rings. The second-order valence-electron chi connectivity index (χ2n) is 8.05. The molecule has 1 aromatic heterocycles. The van der Waals surface area contributed by atoms with Crippen molar-refractivity contribution < 1.29 is 13.9 Å². The molecule has 0 unspecified atom stereocenters. The van der Waals surface area contributed by atoms with Crippen LogP contribution in [0, 0.1) is 5.82 Å². The minimum Gasteiger partial charge on any atom is -0.490 e.